The third kappa shape index (κ3) is 3.76. The van der Waals surface area contributed by atoms with Crippen molar-refractivity contribution in [1.82, 2.24) is 29.1 Å². The van der Waals surface area contributed by atoms with Crippen molar-refractivity contribution in [3.05, 3.63) is 35.7 Å². The van der Waals surface area contributed by atoms with Crippen molar-refractivity contribution >= 4 is 5.91 Å². The topological polar surface area (TPSA) is 59.2 Å². The second-order valence-electron chi connectivity index (χ2n) is 7.32. The molecule has 0 spiro atoms. The Balaban J connectivity index is 1.71. The number of fused-ring (bicyclic) bond motifs is 1. The van der Waals surface area contributed by atoms with E-state index in [1.54, 1.807) is 19.0 Å². The largest absolute Gasteiger partial charge is 0.348 e. The van der Waals surface area contributed by atoms with E-state index in [1.165, 1.54) is 5.56 Å². The highest BCUT2D eigenvalue weighted by Crippen LogP contribution is 2.26. The van der Waals surface area contributed by atoms with E-state index in [0.717, 1.165) is 31.2 Å². The van der Waals surface area contributed by atoms with Gasteiger partial charge in [-0.15, -0.1) is 0 Å². The van der Waals surface area contributed by atoms with Crippen LogP contribution in [0.5, 0.6) is 0 Å². The van der Waals surface area contributed by atoms with Crippen molar-refractivity contribution in [2.45, 2.75) is 52.4 Å². The number of likely N-dealkylation sites (N-methyl/N-ethyl adjacent to an activating group) is 1. The maximum atomic E-state index is 11.9. The molecule has 2 aromatic heterocycles. The SMILES string of the molecule is CC1c2nc(CC(=O)N(C)C)cn2CCN1Cc1cnn(C(C)C)c1. The molecule has 25 heavy (non-hydrogen) atoms. The summed E-state index contributed by atoms with van der Waals surface area (Å²) in [5.41, 5.74) is 2.08. The molecule has 7 nitrogen and oxygen atoms in total. The third-order valence-corrected chi connectivity index (χ3v) is 4.81. The molecular weight excluding hydrogens is 316 g/mol. The molecule has 1 atom stereocenters. The van der Waals surface area contributed by atoms with Crippen LogP contribution in [-0.4, -0.2) is 55.7 Å². The quantitative estimate of drug-likeness (QED) is 0.831. The Bertz CT molecular complexity index is 745. The summed E-state index contributed by atoms with van der Waals surface area (Å²) in [6.45, 7) is 9.19. The van der Waals surface area contributed by atoms with Crippen LogP contribution in [0, 0.1) is 0 Å². The normalized spacial score (nSPS) is 17.8. The zero-order valence-electron chi connectivity index (χ0n) is 15.8. The number of aromatic nitrogens is 4. The zero-order chi connectivity index (χ0) is 18.1. The lowest BCUT2D eigenvalue weighted by Crippen LogP contribution is -2.36. The van der Waals surface area contributed by atoms with E-state index in [2.05, 4.69) is 41.5 Å². The second-order valence-corrected chi connectivity index (χ2v) is 7.32. The molecule has 1 unspecified atom stereocenters. The van der Waals surface area contributed by atoms with Gasteiger partial charge < -0.3 is 9.47 Å². The molecule has 0 radical (unpaired) electrons. The first-order valence-electron chi connectivity index (χ1n) is 8.88. The Morgan fingerprint density at radius 3 is 2.72 bits per heavy atom. The van der Waals surface area contributed by atoms with Gasteiger partial charge in [0.15, 0.2) is 0 Å². The smallest absolute Gasteiger partial charge is 0.228 e. The van der Waals surface area contributed by atoms with Crippen molar-refractivity contribution in [3.63, 3.8) is 0 Å². The Morgan fingerprint density at radius 2 is 2.08 bits per heavy atom. The summed E-state index contributed by atoms with van der Waals surface area (Å²) in [7, 11) is 3.56. The molecule has 2 aromatic rings. The minimum Gasteiger partial charge on any atom is -0.348 e. The fourth-order valence-corrected chi connectivity index (χ4v) is 3.18. The molecule has 0 fully saturated rings. The second kappa shape index (κ2) is 7.00. The van der Waals surface area contributed by atoms with E-state index in [1.807, 2.05) is 17.1 Å². The van der Waals surface area contributed by atoms with E-state index in [9.17, 15) is 4.79 Å². The fourth-order valence-electron chi connectivity index (χ4n) is 3.18. The number of rotatable bonds is 5. The number of carbonyl (C=O) groups excluding carboxylic acids is 1. The molecule has 0 N–H and O–H groups in total. The van der Waals surface area contributed by atoms with Gasteiger partial charge in [0.25, 0.3) is 0 Å². The molecule has 0 bridgehead atoms. The van der Waals surface area contributed by atoms with Gasteiger partial charge >= 0.3 is 0 Å². The van der Waals surface area contributed by atoms with Gasteiger partial charge in [0.1, 0.15) is 5.82 Å². The number of carbonyl (C=O) groups is 1. The molecule has 1 amide bonds. The number of nitrogens with zero attached hydrogens (tertiary/aromatic N) is 6. The van der Waals surface area contributed by atoms with Gasteiger partial charge in [0.2, 0.25) is 5.91 Å². The van der Waals surface area contributed by atoms with Crippen molar-refractivity contribution < 1.29 is 4.79 Å². The van der Waals surface area contributed by atoms with Crippen molar-refractivity contribution in [2.24, 2.45) is 0 Å². The van der Waals surface area contributed by atoms with Crippen LogP contribution >= 0.6 is 0 Å². The van der Waals surface area contributed by atoms with Gasteiger partial charge in [-0.3, -0.25) is 14.4 Å². The Morgan fingerprint density at radius 1 is 1.32 bits per heavy atom. The van der Waals surface area contributed by atoms with Crippen LogP contribution < -0.4 is 0 Å². The average Bonchev–Trinajstić information content (AvgIpc) is 3.17. The summed E-state index contributed by atoms with van der Waals surface area (Å²) in [6.07, 6.45) is 6.47. The summed E-state index contributed by atoms with van der Waals surface area (Å²) in [5.74, 6) is 1.13. The first-order valence-corrected chi connectivity index (χ1v) is 8.88. The van der Waals surface area contributed by atoms with E-state index < -0.39 is 0 Å². The lowest BCUT2D eigenvalue weighted by atomic mass is 10.2. The molecule has 7 heteroatoms. The van der Waals surface area contributed by atoms with Gasteiger partial charge in [0, 0.05) is 57.7 Å². The average molecular weight is 344 g/mol. The first-order chi connectivity index (χ1) is 11.8. The number of hydrogen-bond donors (Lipinski definition) is 0. The van der Waals surface area contributed by atoms with Crippen molar-refractivity contribution in [1.29, 1.82) is 0 Å². The number of amides is 1. The van der Waals surface area contributed by atoms with Crippen LogP contribution in [0.15, 0.2) is 18.6 Å². The highest BCUT2D eigenvalue weighted by atomic mass is 16.2. The first kappa shape index (κ1) is 17.7. The summed E-state index contributed by atoms with van der Waals surface area (Å²) < 4.78 is 4.19. The van der Waals surface area contributed by atoms with Crippen LogP contribution in [0.2, 0.25) is 0 Å². The van der Waals surface area contributed by atoms with Crippen molar-refractivity contribution in [3.8, 4) is 0 Å². The summed E-state index contributed by atoms with van der Waals surface area (Å²) in [5, 5.41) is 4.43. The maximum Gasteiger partial charge on any atom is 0.228 e. The Kier molecular flexibility index (Phi) is 4.94. The minimum absolute atomic E-state index is 0.0843. The van der Waals surface area contributed by atoms with E-state index >= 15 is 0 Å². The minimum atomic E-state index is 0.0843. The van der Waals surface area contributed by atoms with E-state index in [-0.39, 0.29) is 11.9 Å². The Hall–Kier alpha value is -2.15. The molecule has 0 saturated carbocycles. The van der Waals surface area contributed by atoms with Gasteiger partial charge in [-0.1, -0.05) is 0 Å². The molecule has 136 valence electrons. The zero-order valence-corrected chi connectivity index (χ0v) is 15.8. The summed E-state index contributed by atoms with van der Waals surface area (Å²) in [6, 6.07) is 0.600. The predicted octanol–water partition coefficient (Wildman–Crippen LogP) is 1.87. The lowest BCUT2D eigenvalue weighted by molar-refractivity contribution is -0.128. The van der Waals surface area contributed by atoms with Crippen LogP contribution in [-0.2, 0) is 24.3 Å². The van der Waals surface area contributed by atoms with E-state index in [0.29, 0.717) is 12.5 Å². The monoisotopic (exact) mass is 344 g/mol. The van der Waals surface area contributed by atoms with E-state index in [4.69, 9.17) is 4.98 Å². The molecule has 1 aliphatic heterocycles. The molecular formula is C18H28N6O. The molecule has 0 aliphatic carbocycles. The molecule has 3 rings (SSSR count). The van der Waals surface area contributed by atoms with Crippen LogP contribution in [0.25, 0.3) is 0 Å². The third-order valence-electron chi connectivity index (χ3n) is 4.81. The van der Waals surface area contributed by atoms with Crippen LogP contribution in [0.4, 0.5) is 0 Å². The van der Waals surface area contributed by atoms with Gasteiger partial charge in [-0.05, 0) is 20.8 Å². The standard InChI is InChI=1S/C18H28N6O/c1-13(2)24-11-15(9-19-24)10-22-6-7-23-12-16(8-17(25)21(4)5)20-18(23)14(22)3/h9,11-14H,6-8,10H2,1-5H3. The summed E-state index contributed by atoms with van der Waals surface area (Å²) >= 11 is 0. The van der Waals surface area contributed by atoms with Gasteiger partial charge in [-0.25, -0.2) is 4.98 Å². The van der Waals surface area contributed by atoms with Crippen LogP contribution in [0.3, 0.4) is 0 Å². The maximum absolute atomic E-state index is 11.9. The van der Waals surface area contributed by atoms with Gasteiger partial charge in [-0.2, -0.15) is 5.10 Å². The van der Waals surface area contributed by atoms with Gasteiger partial charge in [0.05, 0.1) is 24.4 Å². The molecule has 0 aromatic carbocycles. The number of hydrogen-bond acceptors (Lipinski definition) is 4. The highest BCUT2D eigenvalue weighted by molar-refractivity contribution is 5.77. The Labute approximate surface area is 149 Å². The fraction of sp³-hybridized carbons (Fsp3) is 0.611. The molecule has 1 aliphatic rings. The van der Waals surface area contributed by atoms with Crippen molar-refractivity contribution in [2.75, 3.05) is 20.6 Å². The summed E-state index contributed by atoms with van der Waals surface area (Å²) in [4.78, 5) is 20.7. The number of imidazole rings is 1. The lowest BCUT2D eigenvalue weighted by Gasteiger charge is -2.33. The van der Waals surface area contributed by atoms with Crippen LogP contribution in [0.1, 0.15) is 49.9 Å². The molecule has 3 heterocycles. The highest BCUT2D eigenvalue weighted by Gasteiger charge is 2.27. The predicted molar refractivity (Wildman–Crippen MR) is 96.1 cm³/mol. The molecule has 0 saturated heterocycles.